The van der Waals surface area contributed by atoms with Crippen molar-refractivity contribution in [2.24, 2.45) is 0 Å². The van der Waals surface area contributed by atoms with Gasteiger partial charge in [0, 0.05) is 42.5 Å². The maximum atomic E-state index is 12.6. The number of hydrogen-bond acceptors (Lipinski definition) is 4. The van der Waals surface area contributed by atoms with E-state index in [1.807, 2.05) is 72.3 Å². The summed E-state index contributed by atoms with van der Waals surface area (Å²) < 4.78 is 1.82. The molecule has 1 N–H and O–H groups in total. The second-order valence-electron chi connectivity index (χ2n) is 7.51. The molecule has 0 aliphatic heterocycles. The van der Waals surface area contributed by atoms with Gasteiger partial charge in [0.1, 0.15) is 5.69 Å². The summed E-state index contributed by atoms with van der Waals surface area (Å²) in [5.41, 5.74) is 5.76. The van der Waals surface area contributed by atoms with Crippen LogP contribution in [0, 0.1) is 13.8 Å². The fraction of sp³-hybridized carbons (Fsp3) is 0.174. The fourth-order valence-corrected chi connectivity index (χ4v) is 4.19. The van der Waals surface area contributed by atoms with Gasteiger partial charge in [-0.15, -0.1) is 11.3 Å². The Morgan fingerprint density at radius 1 is 1.03 bits per heavy atom. The average molecular weight is 419 g/mol. The van der Waals surface area contributed by atoms with Crippen molar-refractivity contribution in [3.05, 3.63) is 76.4 Å². The monoisotopic (exact) mass is 418 g/mol. The molecule has 2 amide bonds. The molecule has 4 rings (SSSR count). The van der Waals surface area contributed by atoms with E-state index in [9.17, 15) is 9.59 Å². The summed E-state index contributed by atoms with van der Waals surface area (Å²) in [7, 11) is 3.46. The van der Waals surface area contributed by atoms with Crippen LogP contribution < -0.4 is 5.32 Å². The van der Waals surface area contributed by atoms with Crippen LogP contribution in [-0.4, -0.2) is 40.2 Å². The number of aromatic nitrogens is 2. The van der Waals surface area contributed by atoms with Crippen LogP contribution in [0.2, 0.25) is 0 Å². The van der Waals surface area contributed by atoms with Crippen LogP contribution in [0.4, 0.5) is 5.69 Å². The second-order valence-corrected chi connectivity index (χ2v) is 8.34. The first-order valence-electron chi connectivity index (χ1n) is 9.50. The average Bonchev–Trinajstić information content (AvgIpc) is 3.28. The smallest absolute Gasteiger partial charge is 0.271 e. The van der Waals surface area contributed by atoms with Crippen LogP contribution in [0.1, 0.15) is 32.0 Å². The van der Waals surface area contributed by atoms with Gasteiger partial charge in [-0.25, -0.2) is 4.98 Å². The maximum absolute atomic E-state index is 12.6. The third-order valence-corrected chi connectivity index (χ3v) is 5.60. The van der Waals surface area contributed by atoms with Gasteiger partial charge in [0.05, 0.1) is 5.69 Å². The van der Waals surface area contributed by atoms with E-state index in [1.54, 1.807) is 19.0 Å². The van der Waals surface area contributed by atoms with Gasteiger partial charge >= 0.3 is 0 Å². The molecule has 0 atom stereocenters. The standard InChI is InChI=1S/C23H22N4O2S/c1-14-9-15(2)11-17(10-14)21(28)24-18-7-5-16(6-8-18)19-12-27-20(22(29)26(3)4)13-30-23(27)25-19/h5-13H,1-4H3,(H,24,28). The highest BCUT2D eigenvalue weighted by Gasteiger charge is 2.16. The lowest BCUT2D eigenvalue weighted by molar-refractivity contribution is 0.0821. The summed E-state index contributed by atoms with van der Waals surface area (Å²) in [5.74, 6) is -0.196. The molecule has 6 nitrogen and oxygen atoms in total. The van der Waals surface area contributed by atoms with Crippen molar-refractivity contribution in [2.75, 3.05) is 19.4 Å². The molecule has 0 spiro atoms. The van der Waals surface area contributed by atoms with Crippen LogP contribution in [0.25, 0.3) is 16.2 Å². The molecule has 2 aromatic carbocycles. The quantitative estimate of drug-likeness (QED) is 0.525. The largest absolute Gasteiger partial charge is 0.343 e. The van der Waals surface area contributed by atoms with Gasteiger partial charge in [0.15, 0.2) is 4.96 Å². The second kappa shape index (κ2) is 7.76. The third-order valence-electron chi connectivity index (χ3n) is 4.76. The number of fused-ring (bicyclic) bond motifs is 1. The molecule has 0 aliphatic rings. The van der Waals surface area contributed by atoms with Crippen LogP contribution in [-0.2, 0) is 0 Å². The Morgan fingerprint density at radius 2 is 1.70 bits per heavy atom. The number of benzene rings is 2. The predicted molar refractivity (Wildman–Crippen MR) is 120 cm³/mol. The van der Waals surface area contributed by atoms with Gasteiger partial charge in [-0.1, -0.05) is 29.3 Å². The van der Waals surface area contributed by atoms with E-state index < -0.39 is 0 Å². The topological polar surface area (TPSA) is 66.7 Å². The zero-order valence-corrected chi connectivity index (χ0v) is 18.1. The first-order valence-corrected chi connectivity index (χ1v) is 10.4. The van der Waals surface area contributed by atoms with Crippen LogP contribution >= 0.6 is 11.3 Å². The van der Waals surface area contributed by atoms with Crippen molar-refractivity contribution in [3.8, 4) is 11.3 Å². The van der Waals surface area contributed by atoms with Crippen molar-refractivity contribution >= 4 is 33.8 Å². The lowest BCUT2D eigenvalue weighted by Crippen LogP contribution is -2.22. The molecule has 0 aliphatic carbocycles. The first-order chi connectivity index (χ1) is 14.3. The SMILES string of the molecule is Cc1cc(C)cc(C(=O)Nc2ccc(-c3cn4c(C(=O)N(C)C)csc4n3)cc2)c1. The van der Waals surface area contributed by atoms with Gasteiger partial charge in [0.2, 0.25) is 0 Å². The minimum Gasteiger partial charge on any atom is -0.343 e. The van der Waals surface area contributed by atoms with E-state index in [0.29, 0.717) is 16.9 Å². The number of hydrogen-bond donors (Lipinski definition) is 1. The lowest BCUT2D eigenvalue weighted by atomic mass is 10.1. The van der Waals surface area contributed by atoms with Crippen molar-refractivity contribution in [2.45, 2.75) is 13.8 Å². The number of anilines is 1. The van der Waals surface area contributed by atoms with E-state index >= 15 is 0 Å². The number of carbonyl (C=O) groups excluding carboxylic acids is 2. The Balaban J connectivity index is 1.55. The fourth-order valence-electron chi connectivity index (χ4n) is 3.34. The number of rotatable bonds is 4. The van der Waals surface area contributed by atoms with Crippen LogP contribution in [0.3, 0.4) is 0 Å². The Kier molecular flexibility index (Phi) is 5.13. The molecule has 7 heteroatoms. The Bertz CT molecular complexity index is 1230. The van der Waals surface area contributed by atoms with Gasteiger partial charge < -0.3 is 10.2 Å². The third kappa shape index (κ3) is 3.84. The van der Waals surface area contributed by atoms with E-state index in [1.165, 1.54) is 11.3 Å². The summed E-state index contributed by atoms with van der Waals surface area (Å²) in [4.78, 5) is 31.8. The number of nitrogens with one attached hydrogen (secondary N) is 1. The molecular weight excluding hydrogens is 396 g/mol. The first kappa shape index (κ1) is 19.8. The highest BCUT2D eigenvalue weighted by atomic mass is 32.1. The van der Waals surface area contributed by atoms with Crippen molar-refractivity contribution in [1.29, 1.82) is 0 Å². The zero-order valence-electron chi connectivity index (χ0n) is 17.3. The van der Waals surface area contributed by atoms with Crippen molar-refractivity contribution < 1.29 is 9.59 Å². The zero-order chi connectivity index (χ0) is 21.4. The number of amides is 2. The molecule has 2 heterocycles. The van der Waals surface area contributed by atoms with Crippen LogP contribution in [0.15, 0.2) is 54.0 Å². The van der Waals surface area contributed by atoms with E-state index in [-0.39, 0.29) is 11.8 Å². The molecule has 0 unspecified atom stereocenters. The highest BCUT2D eigenvalue weighted by molar-refractivity contribution is 7.15. The molecule has 30 heavy (non-hydrogen) atoms. The number of thiazole rings is 1. The summed E-state index contributed by atoms with van der Waals surface area (Å²) in [6, 6.07) is 13.3. The van der Waals surface area contributed by atoms with Gasteiger partial charge in [-0.2, -0.15) is 0 Å². The van der Waals surface area contributed by atoms with Crippen molar-refractivity contribution in [1.82, 2.24) is 14.3 Å². The predicted octanol–water partition coefficient (Wildman–Crippen LogP) is 4.63. The molecule has 0 saturated carbocycles. The van der Waals surface area contributed by atoms with E-state index in [0.717, 1.165) is 27.3 Å². The Labute approximate surface area is 178 Å². The molecular formula is C23H22N4O2S. The molecule has 4 aromatic rings. The summed E-state index contributed by atoms with van der Waals surface area (Å²) in [6.45, 7) is 3.96. The summed E-state index contributed by atoms with van der Waals surface area (Å²) in [6.07, 6.45) is 1.87. The van der Waals surface area contributed by atoms with Crippen molar-refractivity contribution in [3.63, 3.8) is 0 Å². The van der Waals surface area contributed by atoms with Gasteiger partial charge in [-0.3, -0.25) is 14.0 Å². The molecule has 0 saturated heterocycles. The number of carbonyl (C=O) groups is 2. The van der Waals surface area contributed by atoms with E-state index in [2.05, 4.69) is 10.3 Å². The molecule has 0 radical (unpaired) electrons. The minimum atomic E-state index is -0.135. The maximum Gasteiger partial charge on any atom is 0.271 e. The van der Waals surface area contributed by atoms with Crippen LogP contribution in [0.5, 0.6) is 0 Å². The van der Waals surface area contributed by atoms with Gasteiger partial charge in [-0.05, 0) is 38.1 Å². The molecule has 0 bridgehead atoms. The number of nitrogens with zero attached hydrogens (tertiary/aromatic N) is 3. The molecule has 152 valence electrons. The summed E-state index contributed by atoms with van der Waals surface area (Å²) in [5, 5.41) is 4.76. The lowest BCUT2D eigenvalue weighted by Gasteiger charge is -2.08. The normalized spacial score (nSPS) is 10.9. The Morgan fingerprint density at radius 3 is 2.33 bits per heavy atom. The highest BCUT2D eigenvalue weighted by Crippen LogP contribution is 2.25. The minimum absolute atomic E-state index is 0.0605. The Hall–Kier alpha value is -3.45. The summed E-state index contributed by atoms with van der Waals surface area (Å²) >= 11 is 1.43. The van der Waals surface area contributed by atoms with E-state index in [4.69, 9.17) is 0 Å². The molecule has 2 aromatic heterocycles. The molecule has 0 fully saturated rings. The number of imidazole rings is 1. The van der Waals surface area contributed by atoms with Gasteiger partial charge in [0.25, 0.3) is 11.8 Å². The number of aryl methyl sites for hydroxylation is 2.